The number of hydrogen-bond acceptors (Lipinski definition) is 4. The van der Waals surface area contributed by atoms with Crippen LogP contribution in [0, 0.1) is 6.92 Å². The van der Waals surface area contributed by atoms with Crippen LogP contribution in [-0.4, -0.2) is 62.4 Å². The highest BCUT2D eigenvalue weighted by Crippen LogP contribution is 2.23. The highest BCUT2D eigenvalue weighted by atomic mass is 127. The fourth-order valence-electron chi connectivity index (χ4n) is 4.15. The minimum Gasteiger partial charge on any atom is -0.491 e. The third-order valence-electron chi connectivity index (χ3n) is 5.83. The number of halogens is 1. The van der Waals surface area contributed by atoms with Crippen LogP contribution in [0.2, 0.25) is 0 Å². The van der Waals surface area contributed by atoms with Crippen molar-refractivity contribution < 1.29 is 9.47 Å². The lowest BCUT2D eigenvalue weighted by molar-refractivity contribution is 0.0676. The zero-order valence-electron chi connectivity index (χ0n) is 18.8. The molecule has 0 radical (unpaired) electrons. The Morgan fingerprint density at radius 2 is 2.10 bits per heavy atom. The van der Waals surface area contributed by atoms with E-state index in [9.17, 15) is 0 Å². The van der Waals surface area contributed by atoms with Crippen LogP contribution < -0.4 is 15.4 Å². The van der Waals surface area contributed by atoms with Gasteiger partial charge in [-0.3, -0.25) is 4.90 Å². The monoisotopic (exact) mass is 530 g/mol. The van der Waals surface area contributed by atoms with Gasteiger partial charge < -0.3 is 20.1 Å². The van der Waals surface area contributed by atoms with E-state index in [0.29, 0.717) is 19.2 Å². The summed E-state index contributed by atoms with van der Waals surface area (Å²) in [7, 11) is 0. The van der Waals surface area contributed by atoms with E-state index in [1.807, 2.05) is 0 Å². The number of aryl methyl sites for hydroxylation is 1. The molecular weight excluding hydrogens is 491 g/mol. The summed E-state index contributed by atoms with van der Waals surface area (Å²) in [5.41, 5.74) is 2.31. The van der Waals surface area contributed by atoms with Gasteiger partial charge in [-0.15, -0.1) is 24.0 Å². The molecule has 2 aliphatic heterocycles. The van der Waals surface area contributed by atoms with Crippen molar-refractivity contribution in [3.8, 4) is 5.75 Å². The Hall–Kier alpha value is -1.06. The molecule has 2 heterocycles. The van der Waals surface area contributed by atoms with E-state index in [-0.39, 0.29) is 30.1 Å². The number of nitrogens with zero attached hydrogens (tertiary/aromatic N) is 2. The Labute approximate surface area is 199 Å². The van der Waals surface area contributed by atoms with Crippen LogP contribution in [0.4, 0.5) is 0 Å². The van der Waals surface area contributed by atoms with E-state index in [4.69, 9.17) is 14.5 Å². The van der Waals surface area contributed by atoms with Crippen molar-refractivity contribution in [2.24, 2.45) is 4.99 Å². The summed E-state index contributed by atoms with van der Waals surface area (Å²) in [4.78, 5) is 7.38. The summed E-state index contributed by atoms with van der Waals surface area (Å²) < 4.78 is 11.8. The van der Waals surface area contributed by atoms with Crippen molar-refractivity contribution in [1.82, 2.24) is 15.5 Å². The van der Waals surface area contributed by atoms with Crippen LogP contribution in [-0.2, 0) is 11.3 Å². The van der Waals surface area contributed by atoms with Gasteiger partial charge in [-0.1, -0.05) is 19.1 Å². The molecule has 6 nitrogen and oxygen atoms in total. The number of rotatable bonds is 9. The summed E-state index contributed by atoms with van der Waals surface area (Å²) in [6.45, 7) is 12.6. The number of guanidine groups is 1. The summed E-state index contributed by atoms with van der Waals surface area (Å²) >= 11 is 0. The SMILES string of the molecule is CCNC(=NCc1ccc(C)cc1OCC1CCCO1)NCC1CCCN1CC.I. The summed E-state index contributed by atoms with van der Waals surface area (Å²) in [6, 6.07) is 6.97. The maximum Gasteiger partial charge on any atom is 0.191 e. The second-order valence-electron chi connectivity index (χ2n) is 8.06. The van der Waals surface area contributed by atoms with Crippen molar-refractivity contribution in [1.29, 1.82) is 0 Å². The molecule has 7 heteroatoms. The number of ether oxygens (including phenoxy) is 2. The Kier molecular flexibility index (Phi) is 11.2. The first kappa shape index (κ1) is 25.2. The molecule has 0 aromatic heterocycles. The average molecular weight is 530 g/mol. The summed E-state index contributed by atoms with van der Waals surface area (Å²) in [6.07, 6.45) is 5.00. The Morgan fingerprint density at radius 1 is 1.23 bits per heavy atom. The number of likely N-dealkylation sites (N-methyl/N-ethyl adjacent to an activating group) is 1. The fourth-order valence-corrected chi connectivity index (χ4v) is 4.15. The van der Waals surface area contributed by atoms with Gasteiger partial charge in [0, 0.05) is 31.3 Å². The molecular formula is C23H39IN4O2. The van der Waals surface area contributed by atoms with Gasteiger partial charge in [0.05, 0.1) is 12.6 Å². The molecule has 170 valence electrons. The molecule has 2 N–H and O–H groups in total. The largest absolute Gasteiger partial charge is 0.491 e. The lowest BCUT2D eigenvalue weighted by Crippen LogP contribution is -2.44. The second-order valence-corrected chi connectivity index (χ2v) is 8.06. The molecule has 2 aliphatic rings. The molecule has 30 heavy (non-hydrogen) atoms. The molecule has 2 atom stereocenters. The first-order valence-electron chi connectivity index (χ1n) is 11.3. The number of nitrogens with one attached hydrogen (secondary N) is 2. The quantitative estimate of drug-likeness (QED) is 0.290. The Bertz CT molecular complexity index is 665. The predicted octanol–water partition coefficient (Wildman–Crippen LogP) is 3.71. The van der Waals surface area contributed by atoms with E-state index in [2.05, 4.69) is 54.5 Å². The van der Waals surface area contributed by atoms with Gasteiger partial charge in [-0.2, -0.15) is 0 Å². The topological polar surface area (TPSA) is 58.1 Å². The zero-order valence-corrected chi connectivity index (χ0v) is 21.1. The Balaban J connectivity index is 0.00000320. The lowest BCUT2D eigenvalue weighted by Gasteiger charge is -2.24. The minimum atomic E-state index is 0. The van der Waals surface area contributed by atoms with Gasteiger partial charge in [-0.25, -0.2) is 4.99 Å². The third kappa shape index (κ3) is 7.57. The number of likely N-dealkylation sites (tertiary alicyclic amines) is 1. The van der Waals surface area contributed by atoms with Gasteiger partial charge in [0.2, 0.25) is 0 Å². The smallest absolute Gasteiger partial charge is 0.191 e. The first-order valence-corrected chi connectivity index (χ1v) is 11.3. The molecule has 1 aromatic carbocycles. The van der Waals surface area contributed by atoms with Gasteiger partial charge in [0.15, 0.2) is 5.96 Å². The van der Waals surface area contributed by atoms with Crippen molar-refractivity contribution in [3.63, 3.8) is 0 Å². The van der Waals surface area contributed by atoms with Crippen LogP contribution >= 0.6 is 24.0 Å². The predicted molar refractivity (Wildman–Crippen MR) is 134 cm³/mol. The van der Waals surface area contributed by atoms with E-state index in [1.165, 1.54) is 24.9 Å². The van der Waals surface area contributed by atoms with Gasteiger partial charge in [0.25, 0.3) is 0 Å². The number of aliphatic imine (C=N–C) groups is 1. The highest BCUT2D eigenvalue weighted by Gasteiger charge is 2.22. The fraction of sp³-hybridized carbons (Fsp3) is 0.696. The molecule has 0 aliphatic carbocycles. The minimum absolute atomic E-state index is 0. The lowest BCUT2D eigenvalue weighted by atomic mass is 10.1. The molecule has 2 saturated heterocycles. The molecule has 0 bridgehead atoms. The average Bonchev–Trinajstić information content (AvgIpc) is 3.41. The standard InChI is InChI=1S/C23H38N4O2.HI/c1-4-24-23(26-16-20-8-6-12-27(20)5-2)25-15-19-11-10-18(3)14-22(19)29-17-21-9-7-13-28-21;/h10-11,14,20-21H,4-9,12-13,15-17H2,1-3H3,(H2,24,25,26);1H. The molecule has 0 spiro atoms. The molecule has 0 amide bonds. The third-order valence-corrected chi connectivity index (χ3v) is 5.83. The van der Waals surface area contributed by atoms with Gasteiger partial charge in [-0.05, 0) is 64.3 Å². The van der Waals surface area contributed by atoms with Crippen molar-refractivity contribution in [2.75, 3.05) is 39.4 Å². The molecule has 0 saturated carbocycles. The van der Waals surface area contributed by atoms with Gasteiger partial charge >= 0.3 is 0 Å². The van der Waals surface area contributed by atoms with E-state index in [0.717, 1.165) is 56.4 Å². The molecule has 2 unspecified atom stereocenters. The van der Waals surface area contributed by atoms with E-state index >= 15 is 0 Å². The second kappa shape index (κ2) is 13.4. The van der Waals surface area contributed by atoms with E-state index in [1.54, 1.807) is 0 Å². The number of benzene rings is 1. The van der Waals surface area contributed by atoms with Crippen LogP contribution in [0.25, 0.3) is 0 Å². The van der Waals surface area contributed by atoms with Crippen molar-refractivity contribution >= 4 is 29.9 Å². The molecule has 2 fully saturated rings. The summed E-state index contributed by atoms with van der Waals surface area (Å²) in [5.74, 6) is 1.80. The molecule has 3 rings (SSSR count). The number of hydrogen-bond donors (Lipinski definition) is 2. The zero-order chi connectivity index (χ0) is 20.5. The van der Waals surface area contributed by atoms with Crippen LogP contribution in [0.15, 0.2) is 23.2 Å². The van der Waals surface area contributed by atoms with Crippen LogP contribution in [0.5, 0.6) is 5.75 Å². The van der Waals surface area contributed by atoms with Gasteiger partial charge in [0.1, 0.15) is 12.4 Å². The van der Waals surface area contributed by atoms with Crippen LogP contribution in [0.3, 0.4) is 0 Å². The maximum atomic E-state index is 6.12. The molecule has 1 aromatic rings. The van der Waals surface area contributed by atoms with Crippen molar-refractivity contribution in [2.45, 2.75) is 65.1 Å². The Morgan fingerprint density at radius 3 is 2.83 bits per heavy atom. The maximum absolute atomic E-state index is 6.12. The first-order chi connectivity index (χ1) is 14.2. The summed E-state index contributed by atoms with van der Waals surface area (Å²) in [5, 5.41) is 6.92. The highest BCUT2D eigenvalue weighted by molar-refractivity contribution is 14.0. The van der Waals surface area contributed by atoms with Crippen molar-refractivity contribution in [3.05, 3.63) is 29.3 Å². The van der Waals surface area contributed by atoms with Crippen LogP contribution in [0.1, 0.15) is 50.7 Å². The van der Waals surface area contributed by atoms with E-state index < -0.39 is 0 Å². The normalized spacial score (nSPS) is 22.0.